The summed E-state index contributed by atoms with van der Waals surface area (Å²) in [5.41, 5.74) is 5.52. The second kappa shape index (κ2) is 5.30. The van der Waals surface area contributed by atoms with E-state index in [1.165, 1.54) is 0 Å². The molecule has 1 unspecified atom stereocenters. The number of primary amides is 1. The highest BCUT2D eigenvalue weighted by Crippen LogP contribution is 2.14. The first kappa shape index (κ1) is 12.2. The predicted molar refractivity (Wildman–Crippen MR) is 60.3 cm³/mol. The molecule has 0 bridgehead atoms. The van der Waals surface area contributed by atoms with Crippen molar-refractivity contribution < 1.29 is 14.3 Å². The molecule has 0 fully saturated rings. The fourth-order valence-corrected chi connectivity index (χ4v) is 1.26. The molecule has 1 aromatic carbocycles. The van der Waals surface area contributed by atoms with Crippen molar-refractivity contribution in [3.05, 3.63) is 29.8 Å². The van der Waals surface area contributed by atoms with E-state index in [9.17, 15) is 9.59 Å². The van der Waals surface area contributed by atoms with Crippen LogP contribution in [-0.4, -0.2) is 17.8 Å². The van der Waals surface area contributed by atoms with Gasteiger partial charge in [-0.15, -0.1) is 0 Å². The Labute approximate surface area is 94.4 Å². The van der Waals surface area contributed by atoms with Crippen LogP contribution in [0, 0.1) is 0 Å². The van der Waals surface area contributed by atoms with E-state index in [1.54, 1.807) is 38.1 Å². The van der Waals surface area contributed by atoms with Crippen molar-refractivity contribution in [2.24, 2.45) is 5.73 Å². The molecule has 0 saturated carbocycles. The van der Waals surface area contributed by atoms with Gasteiger partial charge in [0.05, 0.1) is 0 Å². The van der Waals surface area contributed by atoms with Gasteiger partial charge < -0.3 is 10.5 Å². The highest BCUT2D eigenvalue weighted by Gasteiger charge is 2.12. The summed E-state index contributed by atoms with van der Waals surface area (Å²) < 4.78 is 5.40. The Morgan fingerprint density at radius 2 is 1.88 bits per heavy atom. The van der Waals surface area contributed by atoms with Crippen LogP contribution in [0.4, 0.5) is 0 Å². The van der Waals surface area contributed by atoms with E-state index in [1.807, 2.05) is 0 Å². The first-order chi connectivity index (χ1) is 7.54. The average Bonchev–Trinajstić information content (AvgIpc) is 2.28. The maximum Gasteiger partial charge on any atom is 0.248 e. The number of carbonyl (C=O) groups excluding carboxylic acids is 2. The molecule has 1 rings (SSSR count). The minimum Gasteiger partial charge on any atom is -0.483 e. The zero-order valence-corrected chi connectivity index (χ0v) is 9.40. The Hall–Kier alpha value is -1.84. The number of ether oxygens (including phenoxy) is 1. The normalized spacial score (nSPS) is 11.9. The van der Waals surface area contributed by atoms with Gasteiger partial charge in [-0.25, -0.2) is 0 Å². The third-order valence-electron chi connectivity index (χ3n) is 2.25. The van der Waals surface area contributed by atoms with Gasteiger partial charge in [0.25, 0.3) is 0 Å². The van der Waals surface area contributed by atoms with E-state index in [4.69, 9.17) is 10.5 Å². The molecule has 0 aliphatic heterocycles. The van der Waals surface area contributed by atoms with Gasteiger partial charge in [-0.05, 0) is 31.2 Å². The molecule has 4 heteroatoms. The summed E-state index contributed by atoms with van der Waals surface area (Å²) in [6.45, 7) is 3.49. The lowest BCUT2D eigenvalue weighted by atomic mass is 10.2. The Morgan fingerprint density at radius 1 is 1.31 bits per heavy atom. The monoisotopic (exact) mass is 221 g/mol. The molecule has 2 N–H and O–H groups in total. The zero-order valence-electron chi connectivity index (χ0n) is 9.40. The number of benzene rings is 1. The van der Waals surface area contributed by atoms with Crippen LogP contribution < -0.4 is 10.5 Å². The fraction of sp³-hybridized carbons (Fsp3) is 0.333. The molecule has 0 aliphatic rings. The first-order valence-electron chi connectivity index (χ1n) is 5.13. The second-order valence-corrected chi connectivity index (χ2v) is 3.47. The average molecular weight is 221 g/mol. The van der Waals surface area contributed by atoms with Crippen LogP contribution >= 0.6 is 0 Å². The standard InChI is InChI=1S/C12H15NO3/c1-3-11(14)8(2)16-10-6-4-9(5-7-10)12(13)15/h4-8H,3H2,1-2H3,(H2,13,15). The number of amides is 1. The summed E-state index contributed by atoms with van der Waals surface area (Å²) in [5, 5.41) is 0. The van der Waals surface area contributed by atoms with Crippen LogP contribution in [0.25, 0.3) is 0 Å². The quantitative estimate of drug-likeness (QED) is 0.819. The van der Waals surface area contributed by atoms with E-state index in [-0.39, 0.29) is 5.78 Å². The van der Waals surface area contributed by atoms with Crippen molar-refractivity contribution in [3.8, 4) is 5.75 Å². The molecule has 0 saturated heterocycles. The van der Waals surface area contributed by atoms with Gasteiger partial charge in [0, 0.05) is 12.0 Å². The van der Waals surface area contributed by atoms with Crippen LogP contribution in [0.2, 0.25) is 0 Å². The minimum absolute atomic E-state index is 0.0407. The molecule has 0 aromatic heterocycles. The summed E-state index contributed by atoms with van der Waals surface area (Å²) in [6.07, 6.45) is -0.0231. The van der Waals surface area contributed by atoms with Gasteiger partial charge in [0.1, 0.15) is 5.75 Å². The van der Waals surface area contributed by atoms with E-state index in [0.29, 0.717) is 17.7 Å². The molecular weight excluding hydrogens is 206 g/mol. The lowest BCUT2D eigenvalue weighted by Gasteiger charge is -2.12. The minimum atomic E-state index is -0.482. The maximum atomic E-state index is 11.3. The Morgan fingerprint density at radius 3 is 2.31 bits per heavy atom. The number of nitrogens with two attached hydrogens (primary N) is 1. The molecule has 0 spiro atoms. The SMILES string of the molecule is CCC(=O)C(C)Oc1ccc(C(N)=O)cc1. The van der Waals surface area contributed by atoms with Crippen LogP contribution in [-0.2, 0) is 4.79 Å². The van der Waals surface area contributed by atoms with Crippen LogP contribution in [0.5, 0.6) is 5.75 Å². The summed E-state index contributed by atoms with van der Waals surface area (Å²) in [7, 11) is 0. The van der Waals surface area contributed by atoms with Gasteiger partial charge in [-0.3, -0.25) is 9.59 Å². The van der Waals surface area contributed by atoms with E-state index >= 15 is 0 Å². The molecule has 86 valence electrons. The van der Waals surface area contributed by atoms with E-state index in [0.717, 1.165) is 0 Å². The van der Waals surface area contributed by atoms with Gasteiger partial charge in [0.15, 0.2) is 11.9 Å². The lowest BCUT2D eigenvalue weighted by molar-refractivity contribution is -0.124. The number of carbonyl (C=O) groups is 2. The van der Waals surface area contributed by atoms with Crippen molar-refractivity contribution >= 4 is 11.7 Å². The Kier molecular flexibility index (Phi) is 4.05. The molecule has 1 aromatic rings. The first-order valence-corrected chi connectivity index (χ1v) is 5.13. The molecule has 0 heterocycles. The van der Waals surface area contributed by atoms with Crippen molar-refractivity contribution in [3.63, 3.8) is 0 Å². The van der Waals surface area contributed by atoms with Gasteiger partial charge >= 0.3 is 0 Å². The summed E-state index contributed by atoms with van der Waals surface area (Å²) >= 11 is 0. The van der Waals surface area contributed by atoms with Crippen molar-refractivity contribution in [2.75, 3.05) is 0 Å². The van der Waals surface area contributed by atoms with Gasteiger partial charge in [0.2, 0.25) is 5.91 Å². The summed E-state index contributed by atoms with van der Waals surface area (Å²) in [4.78, 5) is 22.1. The van der Waals surface area contributed by atoms with Crippen molar-refractivity contribution in [1.82, 2.24) is 0 Å². The topological polar surface area (TPSA) is 69.4 Å². The number of hydrogen-bond acceptors (Lipinski definition) is 3. The zero-order chi connectivity index (χ0) is 12.1. The molecule has 1 amide bonds. The lowest BCUT2D eigenvalue weighted by Crippen LogP contribution is -2.22. The van der Waals surface area contributed by atoms with Crippen LogP contribution in [0.15, 0.2) is 24.3 Å². The number of rotatable bonds is 5. The van der Waals surface area contributed by atoms with Crippen LogP contribution in [0.1, 0.15) is 30.6 Å². The Balaban J connectivity index is 2.68. The van der Waals surface area contributed by atoms with Gasteiger partial charge in [-0.2, -0.15) is 0 Å². The fourth-order valence-electron chi connectivity index (χ4n) is 1.26. The van der Waals surface area contributed by atoms with Crippen LogP contribution in [0.3, 0.4) is 0 Å². The number of hydrogen-bond donors (Lipinski definition) is 1. The third-order valence-corrected chi connectivity index (χ3v) is 2.25. The highest BCUT2D eigenvalue weighted by atomic mass is 16.5. The largest absolute Gasteiger partial charge is 0.483 e. The Bertz CT molecular complexity index is 384. The highest BCUT2D eigenvalue weighted by molar-refractivity contribution is 5.92. The third kappa shape index (κ3) is 3.08. The van der Waals surface area contributed by atoms with E-state index < -0.39 is 12.0 Å². The maximum absolute atomic E-state index is 11.3. The molecular formula is C12H15NO3. The number of ketones is 1. The molecule has 16 heavy (non-hydrogen) atoms. The second-order valence-electron chi connectivity index (χ2n) is 3.47. The summed E-state index contributed by atoms with van der Waals surface area (Å²) in [5.74, 6) is 0.113. The van der Waals surface area contributed by atoms with Crippen molar-refractivity contribution in [2.45, 2.75) is 26.4 Å². The van der Waals surface area contributed by atoms with Gasteiger partial charge in [-0.1, -0.05) is 6.92 Å². The molecule has 0 radical (unpaired) electrons. The number of Topliss-reactive ketones (excluding diaryl/α,β-unsaturated/α-hetero) is 1. The molecule has 1 atom stereocenters. The summed E-state index contributed by atoms with van der Waals surface area (Å²) in [6, 6.07) is 6.39. The van der Waals surface area contributed by atoms with E-state index in [2.05, 4.69) is 0 Å². The smallest absolute Gasteiger partial charge is 0.248 e. The molecule has 4 nitrogen and oxygen atoms in total. The van der Waals surface area contributed by atoms with Crippen molar-refractivity contribution in [1.29, 1.82) is 0 Å². The predicted octanol–water partition coefficient (Wildman–Crippen LogP) is 1.53. The molecule has 0 aliphatic carbocycles.